The Kier molecular flexibility index (Phi) is 9.73. The first kappa shape index (κ1) is 28.9. The molecular formula is C28H38BN3O4. The number of carboxylic acid groups (broad SMARTS) is 1. The summed E-state index contributed by atoms with van der Waals surface area (Å²) in [6.07, 6.45) is 0.463. The van der Waals surface area contributed by atoms with Gasteiger partial charge in [0.2, 0.25) is 0 Å². The van der Waals surface area contributed by atoms with Gasteiger partial charge in [-0.05, 0) is 44.2 Å². The van der Waals surface area contributed by atoms with Crippen molar-refractivity contribution >= 4 is 36.0 Å². The number of benzene rings is 2. The smallest absolute Gasteiger partial charge is 0.309 e. The number of fused-ring (bicyclic) bond motifs is 1. The number of ether oxygens (including phenoxy) is 2. The summed E-state index contributed by atoms with van der Waals surface area (Å²) in [5.41, 5.74) is 1.26. The molecule has 0 spiro atoms. The van der Waals surface area contributed by atoms with Gasteiger partial charge < -0.3 is 19.9 Å². The molecular weight excluding hydrogens is 453 g/mol. The minimum absolute atomic E-state index is 0.330. The van der Waals surface area contributed by atoms with E-state index in [2.05, 4.69) is 15.3 Å². The van der Waals surface area contributed by atoms with Crippen molar-refractivity contribution in [1.29, 1.82) is 0 Å². The highest BCUT2D eigenvalue weighted by Crippen LogP contribution is 2.38. The zero-order valence-corrected chi connectivity index (χ0v) is 22.7. The topological polar surface area (TPSA) is 93.6 Å². The third-order valence-corrected chi connectivity index (χ3v) is 5.62. The molecule has 0 amide bonds. The van der Waals surface area contributed by atoms with Gasteiger partial charge in [0.15, 0.2) is 11.5 Å². The highest BCUT2D eigenvalue weighted by Gasteiger charge is 2.35. The number of hydrogen-bond acceptors (Lipinski definition) is 6. The van der Waals surface area contributed by atoms with E-state index in [1.165, 1.54) is 0 Å². The van der Waals surface area contributed by atoms with Crippen LogP contribution in [0, 0.1) is 17.8 Å². The van der Waals surface area contributed by atoms with Crippen molar-refractivity contribution in [2.24, 2.45) is 10.8 Å². The van der Waals surface area contributed by atoms with Crippen LogP contribution in [0.15, 0.2) is 36.4 Å². The zero-order chi connectivity index (χ0) is 27.1. The molecule has 192 valence electrons. The maximum absolute atomic E-state index is 11.6. The van der Waals surface area contributed by atoms with Crippen LogP contribution >= 0.6 is 0 Å². The number of nitrogens with zero attached hydrogens (tertiary/aromatic N) is 2. The van der Waals surface area contributed by atoms with Crippen LogP contribution in [-0.2, 0) is 11.3 Å². The number of hydrogen-bond donors (Lipinski definition) is 2. The molecule has 0 saturated heterocycles. The van der Waals surface area contributed by atoms with E-state index in [1.54, 1.807) is 21.0 Å². The van der Waals surface area contributed by atoms with Gasteiger partial charge in [0, 0.05) is 18.0 Å². The van der Waals surface area contributed by atoms with E-state index in [1.807, 2.05) is 71.0 Å². The summed E-state index contributed by atoms with van der Waals surface area (Å²) in [6.45, 7) is 14.2. The molecule has 8 heteroatoms. The number of methoxy groups -OCH3 is 1. The summed E-state index contributed by atoms with van der Waals surface area (Å²) in [7, 11) is 7.48. The summed E-state index contributed by atoms with van der Waals surface area (Å²) in [5.74, 6) is 1.60. The van der Waals surface area contributed by atoms with Gasteiger partial charge >= 0.3 is 5.97 Å². The Bertz CT molecular complexity index is 1190. The molecule has 3 aromatic rings. The Balaban J connectivity index is 0.00000222. The van der Waals surface area contributed by atoms with Crippen LogP contribution in [-0.4, -0.2) is 42.6 Å². The number of carbonyl (C=O) groups is 1. The van der Waals surface area contributed by atoms with Crippen LogP contribution in [0.3, 0.4) is 0 Å². The van der Waals surface area contributed by atoms with Gasteiger partial charge in [-0.1, -0.05) is 57.4 Å². The maximum atomic E-state index is 11.6. The number of carboxylic acids is 1. The second kappa shape index (κ2) is 12.1. The van der Waals surface area contributed by atoms with Crippen LogP contribution in [0.2, 0.25) is 0 Å². The molecule has 2 N–H and O–H groups in total. The number of aliphatic carboxylic acids is 1. The van der Waals surface area contributed by atoms with Crippen molar-refractivity contribution in [2.45, 2.75) is 61.4 Å². The Morgan fingerprint density at radius 1 is 1.08 bits per heavy atom. The Morgan fingerprint density at radius 3 is 2.39 bits per heavy atom. The van der Waals surface area contributed by atoms with Crippen LogP contribution in [0.1, 0.15) is 59.4 Å². The van der Waals surface area contributed by atoms with Crippen LogP contribution in [0.4, 0.5) is 5.82 Å². The first-order valence-electron chi connectivity index (χ1n) is 12.2. The fourth-order valence-electron chi connectivity index (χ4n) is 4.14. The van der Waals surface area contributed by atoms with Gasteiger partial charge in [-0.3, -0.25) is 4.79 Å². The first-order valence-corrected chi connectivity index (χ1v) is 12.2. The number of nitrogens with one attached hydrogen (secondary N) is 1. The molecule has 2 radical (unpaired) electrons. The number of aryl methyl sites for hydroxylation is 1. The van der Waals surface area contributed by atoms with E-state index in [0.717, 1.165) is 16.5 Å². The lowest BCUT2D eigenvalue weighted by Gasteiger charge is -2.32. The lowest BCUT2D eigenvalue weighted by molar-refractivity contribution is -0.148. The van der Waals surface area contributed by atoms with Crippen molar-refractivity contribution in [3.8, 4) is 11.5 Å². The van der Waals surface area contributed by atoms with Crippen molar-refractivity contribution in [2.75, 3.05) is 19.0 Å². The molecule has 0 atom stereocenters. The zero-order valence-electron chi connectivity index (χ0n) is 22.7. The Morgan fingerprint density at radius 2 is 1.78 bits per heavy atom. The number of anilines is 1. The SMILES string of the molecule is CC.[B]c1cccc(CNc2nc(C)nc3cc(OCC(C)(C)CC(C)(C)C(=O)O)c(OC)cc23)c1. The third-order valence-electron chi connectivity index (χ3n) is 5.62. The second-order valence-corrected chi connectivity index (χ2v) is 10.1. The molecule has 0 bridgehead atoms. The molecule has 7 nitrogen and oxygen atoms in total. The number of aromatic nitrogens is 2. The largest absolute Gasteiger partial charge is 0.493 e. The third kappa shape index (κ3) is 7.61. The predicted octanol–water partition coefficient (Wildman–Crippen LogP) is 5.28. The summed E-state index contributed by atoms with van der Waals surface area (Å²) in [5, 5.41) is 13.7. The summed E-state index contributed by atoms with van der Waals surface area (Å²) >= 11 is 0. The molecule has 0 fully saturated rings. The normalized spacial score (nSPS) is 11.4. The Labute approximate surface area is 216 Å². The van der Waals surface area contributed by atoms with E-state index in [-0.39, 0.29) is 5.41 Å². The van der Waals surface area contributed by atoms with Crippen molar-refractivity contribution in [3.05, 3.63) is 47.8 Å². The van der Waals surface area contributed by atoms with Gasteiger partial charge in [-0.25, -0.2) is 9.97 Å². The predicted molar refractivity (Wildman–Crippen MR) is 147 cm³/mol. The van der Waals surface area contributed by atoms with E-state index in [0.29, 0.717) is 48.2 Å². The minimum Gasteiger partial charge on any atom is -0.493 e. The second-order valence-electron chi connectivity index (χ2n) is 10.1. The van der Waals surface area contributed by atoms with Crippen LogP contribution in [0.25, 0.3) is 10.9 Å². The van der Waals surface area contributed by atoms with Crippen molar-refractivity contribution < 1.29 is 19.4 Å². The van der Waals surface area contributed by atoms with E-state index in [4.69, 9.17) is 17.3 Å². The van der Waals surface area contributed by atoms with E-state index < -0.39 is 11.4 Å². The summed E-state index contributed by atoms with van der Waals surface area (Å²) < 4.78 is 11.7. The standard InChI is InChI=1S/C26H32BN3O4.C2H6/c1-16-29-20-12-22(34-15-25(2,3)14-26(4,5)24(31)32)21(33-6)11-19(20)23(30-16)28-13-17-8-7-9-18(27)10-17;1-2/h7-12H,13-15H2,1-6H3,(H,31,32)(H,28,29,30);1-2H3. The summed E-state index contributed by atoms with van der Waals surface area (Å²) in [4.78, 5) is 20.7. The quantitative estimate of drug-likeness (QED) is 0.373. The van der Waals surface area contributed by atoms with Gasteiger partial charge in [-0.15, -0.1) is 0 Å². The highest BCUT2D eigenvalue weighted by molar-refractivity contribution is 6.32. The van der Waals surface area contributed by atoms with E-state index in [9.17, 15) is 9.90 Å². The fourth-order valence-corrected chi connectivity index (χ4v) is 4.14. The minimum atomic E-state index is -0.853. The highest BCUT2D eigenvalue weighted by atomic mass is 16.5. The monoisotopic (exact) mass is 491 g/mol. The molecule has 1 aromatic heterocycles. The van der Waals surface area contributed by atoms with E-state index >= 15 is 0 Å². The number of rotatable bonds is 10. The Hall–Kier alpha value is -3.29. The molecule has 0 aliphatic rings. The molecule has 0 saturated carbocycles. The fraction of sp³-hybridized carbons (Fsp3) is 0.464. The maximum Gasteiger partial charge on any atom is 0.309 e. The lowest BCUT2D eigenvalue weighted by atomic mass is 9.75. The molecule has 1 heterocycles. The molecule has 2 aromatic carbocycles. The molecule has 3 rings (SSSR count). The molecule has 36 heavy (non-hydrogen) atoms. The van der Waals surface area contributed by atoms with Gasteiger partial charge in [0.1, 0.15) is 19.5 Å². The van der Waals surface area contributed by atoms with Crippen LogP contribution in [0.5, 0.6) is 11.5 Å². The van der Waals surface area contributed by atoms with Gasteiger partial charge in [-0.2, -0.15) is 0 Å². The average Bonchev–Trinajstić information content (AvgIpc) is 2.81. The van der Waals surface area contributed by atoms with Gasteiger partial charge in [0.25, 0.3) is 0 Å². The molecule has 0 aliphatic heterocycles. The van der Waals surface area contributed by atoms with Gasteiger partial charge in [0.05, 0.1) is 24.6 Å². The average molecular weight is 491 g/mol. The van der Waals surface area contributed by atoms with Crippen molar-refractivity contribution in [3.63, 3.8) is 0 Å². The molecule has 0 aliphatic carbocycles. The molecule has 0 unspecified atom stereocenters. The summed E-state index contributed by atoms with van der Waals surface area (Å²) in [6, 6.07) is 11.4. The lowest BCUT2D eigenvalue weighted by Crippen LogP contribution is -2.33. The first-order chi connectivity index (χ1) is 16.9. The van der Waals surface area contributed by atoms with Crippen LogP contribution < -0.4 is 20.3 Å². The van der Waals surface area contributed by atoms with Crippen molar-refractivity contribution in [1.82, 2.24) is 9.97 Å².